The van der Waals surface area contributed by atoms with Gasteiger partial charge in [0.1, 0.15) is 17.2 Å². The molecule has 5 rings (SSSR count). The molecule has 0 aliphatic carbocycles. The number of likely N-dealkylation sites (tertiary alicyclic amines) is 1. The second kappa shape index (κ2) is 13.7. The predicted molar refractivity (Wildman–Crippen MR) is 173 cm³/mol. The van der Waals surface area contributed by atoms with Gasteiger partial charge >= 0.3 is 6.03 Å². The van der Waals surface area contributed by atoms with Gasteiger partial charge < -0.3 is 20.1 Å². The maximum Gasteiger partial charge on any atom is 0.323 e. The monoisotopic (exact) mass is 578 g/mol. The van der Waals surface area contributed by atoms with Crippen LogP contribution >= 0.6 is 0 Å². The molecule has 1 atom stereocenters. The smallest absolute Gasteiger partial charge is 0.323 e. The Bertz CT molecular complexity index is 1480. The Hall–Kier alpha value is -4.36. The molecule has 0 bridgehead atoms. The second-order valence-corrected chi connectivity index (χ2v) is 12.2. The minimum absolute atomic E-state index is 0.106. The number of ether oxygens (including phenoxy) is 2. The topological polar surface area (TPSA) is 75.7 Å². The number of carbonyl (C=O) groups excluding carboxylic acids is 1. The molecule has 2 N–H and O–H groups in total. The number of nitrogens with one attached hydrogen (secondary N) is 2. The van der Waals surface area contributed by atoms with Crippen molar-refractivity contribution >= 4 is 17.4 Å². The zero-order chi connectivity index (χ0) is 30.2. The maximum absolute atomic E-state index is 12.9. The van der Waals surface area contributed by atoms with E-state index in [-0.39, 0.29) is 11.4 Å². The summed E-state index contributed by atoms with van der Waals surface area (Å²) in [5.74, 6) is 2.37. The summed E-state index contributed by atoms with van der Waals surface area (Å²) in [4.78, 5) is 19.8. The summed E-state index contributed by atoms with van der Waals surface area (Å²) in [6.45, 7) is 11.5. The first-order valence-corrected chi connectivity index (χ1v) is 15.1. The SMILES string of the molecule is CC(c1ccccc1)N1CCC(COc2ccc(NC(=O)Nc3cccnc3Oc3ccccc3C(C)(C)C)cc2)CC1. The Morgan fingerprint density at radius 2 is 1.60 bits per heavy atom. The van der Waals surface area contributed by atoms with Crippen LogP contribution in [0.15, 0.2) is 97.2 Å². The molecular formula is C36H42N4O3. The number of piperidine rings is 1. The number of aromatic nitrogens is 1. The van der Waals surface area contributed by atoms with E-state index in [1.807, 2.05) is 48.5 Å². The molecule has 1 unspecified atom stereocenters. The average Bonchev–Trinajstić information content (AvgIpc) is 3.02. The molecule has 0 saturated carbocycles. The first-order chi connectivity index (χ1) is 20.8. The summed E-state index contributed by atoms with van der Waals surface area (Å²) in [6, 6.07) is 29.6. The molecule has 7 heteroatoms. The largest absolute Gasteiger partial charge is 0.493 e. The van der Waals surface area contributed by atoms with Gasteiger partial charge in [-0.25, -0.2) is 9.78 Å². The Morgan fingerprint density at radius 3 is 2.33 bits per heavy atom. The third kappa shape index (κ3) is 8.14. The zero-order valence-electron chi connectivity index (χ0n) is 25.5. The lowest BCUT2D eigenvalue weighted by Crippen LogP contribution is -2.37. The van der Waals surface area contributed by atoms with Crippen LogP contribution in [0, 0.1) is 5.92 Å². The Kier molecular flexibility index (Phi) is 9.62. The summed E-state index contributed by atoms with van der Waals surface area (Å²) in [5, 5.41) is 5.75. The number of benzene rings is 3. The number of para-hydroxylation sites is 1. The summed E-state index contributed by atoms with van der Waals surface area (Å²) >= 11 is 0. The van der Waals surface area contributed by atoms with Crippen LogP contribution in [-0.2, 0) is 5.41 Å². The third-order valence-electron chi connectivity index (χ3n) is 8.00. The molecule has 7 nitrogen and oxygen atoms in total. The van der Waals surface area contributed by atoms with E-state index >= 15 is 0 Å². The zero-order valence-corrected chi connectivity index (χ0v) is 25.5. The highest BCUT2D eigenvalue weighted by molar-refractivity contribution is 6.00. The van der Waals surface area contributed by atoms with Crippen LogP contribution in [0.1, 0.15) is 57.7 Å². The lowest BCUT2D eigenvalue weighted by Gasteiger charge is -2.36. The van der Waals surface area contributed by atoms with Crippen LogP contribution < -0.4 is 20.1 Å². The number of urea groups is 1. The highest BCUT2D eigenvalue weighted by Crippen LogP contribution is 2.35. The van der Waals surface area contributed by atoms with Gasteiger partial charge in [-0.15, -0.1) is 0 Å². The van der Waals surface area contributed by atoms with Crippen molar-refractivity contribution in [2.75, 3.05) is 30.3 Å². The van der Waals surface area contributed by atoms with E-state index < -0.39 is 0 Å². The van der Waals surface area contributed by atoms with E-state index in [0.29, 0.717) is 41.6 Å². The molecule has 1 saturated heterocycles. The summed E-state index contributed by atoms with van der Waals surface area (Å²) in [5.41, 5.74) is 3.47. The van der Waals surface area contributed by atoms with Crippen LogP contribution in [0.4, 0.5) is 16.2 Å². The van der Waals surface area contributed by atoms with Gasteiger partial charge in [-0.2, -0.15) is 0 Å². The van der Waals surface area contributed by atoms with Crippen molar-refractivity contribution in [1.82, 2.24) is 9.88 Å². The van der Waals surface area contributed by atoms with E-state index in [0.717, 1.165) is 37.2 Å². The highest BCUT2D eigenvalue weighted by Gasteiger charge is 2.24. The molecule has 0 spiro atoms. The molecule has 1 aliphatic heterocycles. The Morgan fingerprint density at radius 1 is 0.907 bits per heavy atom. The van der Waals surface area contributed by atoms with Crippen LogP contribution in [0.2, 0.25) is 0 Å². The van der Waals surface area contributed by atoms with Crippen molar-refractivity contribution in [1.29, 1.82) is 0 Å². The van der Waals surface area contributed by atoms with Gasteiger partial charge in [0.2, 0.25) is 5.88 Å². The van der Waals surface area contributed by atoms with Gasteiger partial charge in [0.15, 0.2) is 0 Å². The molecule has 1 fully saturated rings. The fourth-order valence-electron chi connectivity index (χ4n) is 5.43. The Labute approximate surface area is 255 Å². The maximum atomic E-state index is 12.9. The molecule has 1 aromatic heterocycles. The number of rotatable bonds is 9. The fourth-order valence-corrected chi connectivity index (χ4v) is 5.43. The lowest BCUT2D eigenvalue weighted by molar-refractivity contribution is 0.113. The quantitative estimate of drug-likeness (QED) is 0.208. The van der Waals surface area contributed by atoms with Crippen LogP contribution in [0.5, 0.6) is 17.4 Å². The predicted octanol–water partition coefficient (Wildman–Crippen LogP) is 8.67. The summed E-state index contributed by atoms with van der Waals surface area (Å²) < 4.78 is 12.3. The number of pyridine rings is 1. The molecule has 0 radical (unpaired) electrons. The van der Waals surface area contributed by atoms with Crippen molar-refractivity contribution < 1.29 is 14.3 Å². The second-order valence-electron chi connectivity index (χ2n) is 12.2. The number of nitrogens with zero attached hydrogens (tertiary/aromatic N) is 2. The van der Waals surface area contributed by atoms with E-state index in [9.17, 15) is 4.79 Å². The fraction of sp³-hybridized carbons (Fsp3) is 0.333. The average molecular weight is 579 g/mol. The number of amides is 2. The van der Waals surface area contributed by atoms with Crippen molar-refractivity contribution in [3.05, 3.63) is 108 Å². The summed E-state index contributed by atoms with van der Waals surface area (Å²) in [7, 11) is 0. The number of hydrogen-bond acceptors (Lipinski definition) is 5. The standard InChI is InChI=1S/C36H42N4O3/c1-26(28-11-6-5-7-12-28)40-23-20-27(21-24-40)25-42-30-18-16-29(17-19-30)38-35(41)39-32-14-10-22-37-34(32)43-33-15-9-8-13-31(33)36(2,3)4/h5-19,22,26-27H,20-21,23-25H2,1-4H3,(H2,38,39,41). The number of hydrogen-bond donors (Lipinski definition) is 2. The lowest BCUT2D eigenvalue weighted by atomic mass is 9.86. The summed E-state index contributed by atoms with van der Waals surface area (Å²) in [6.07, 6.45) is 3.89. The van der Waals surface area contributed by atoms with Crippen LogP contribution in [0.3, 0.4) is 0 Å². The van der Waals surface area contributed by atoms with Gasteiger partial charge in [0, 0.05) is 23.5 Å². The molecule has 3 aromatic carbocycles. The van der Waals surface area contributed by atoms with Crippen molar-refractivity contribution in [2.24, 2.45) is 5.92 Å². The van der Waals surface area contributed by atoms with Crippen LogP contribution in [0.25, 0.3) is 0 Å². The molecule has 43 heavy (non-hydrogen) atoms. The molecule has 224 valence electrons. The minimum Gasteiger partial charge on any atom is -0.493 e. The third-order valence-corrected chi connectivity index (χ3v) is 8.00. The number of carbonyl (C=O) groups is 1. The van der Waals surface area contributed by atoms with Gasteiger partial charge in [-0.05, 0) is 92.2 Å². The van der Waals surface area contributed by atoms with E-state index in [2.05, 4.69) is 78.5 Å². The Balaban J connectivity index is 1.10. The molecule has 4 aromatic rings. The van der Waals surface area contributed by atoms with E-state index in [1.165, 1.54) is 5.56 Å². The van der Waals surface area contributed by atoms with Gasteiger partial charge in [0.05, 0.1) is 6.61 Å². The first-order valence-electron chi connectivity index (χ1n) is 15.1. The highest BCUT2D eigenvalue weighted by atomic mass is 16.5. The van der Waals surface area contributed by atoms with Crippen molar-refractivity contribution in [3.8, 4) is 17.4 Å². The van der Waals surface area contributed by atoms with Crippen LogP contribution in [-0.4, -0.2) is 35.6 Å². The van der Waals surface area contributed by atoms with Gasteiger partial charge in [0.25, 0.3) is 0 Å². The molecule has 2 amide bonds. The van der Waals surface area contributed by atoms with Gasteiger partial charge in [-0.1, -0.05) is 69.3 Å². The molecule has 1 aliphatic rings. The van der Waals surface area contributed by atoms with E-state index in [4.69, 9.17) is 9.47 Å². The molecular weight excluding hydrogens is 536 g/mol. The van der Waals surface area contributed by atoms with Crippen molar-refractivity contribution in [2.45, 2.75) is 52.0 Å². The van der Waals surface area contributed by atoms with Crippen molar-refractivity contribution in [3.63, 3.8) is 0 Å². The minimum atomic E-state index is -0.382. The molecule has 2 heterocycles. The number of anilines is 2. The normalized spacial score (nSPS) is 15.0. The first kappa shape index (κ1) is 30.1. The van der Waals surface area contributed by atoms with Gasteiger partial charge in [-0.3, -0.25) is 4.90 Å². The van der Waals surface area contributed by atoms with E-state index in [1.54, 1.807) is 18.3 Å².